The van der Waals surface area contributed by atoms with Gasteiger partial charge in [-0.15, -0.1) is 0 Å². The van der Waals surface area contributed by atoms with Gasteiger partial charge in [-0.05, 0) is 48.4 Å². The summed E-state index contributed by atoms with van der Waals surface area (Å²) in [5.74, 6) is 1.68. The van der Waals surface area contributed by atoms with Crippen molar-refractivity contribution in [1.82, 2.24) is 9.55 Å². The SMILES string of the molecule is Clc1ccc([C@]2(CC3CCOCC3)c3ccccc3-c3nccn32)cc1. The number of rotatable bonds is 3. The molecule has 0 unspecified atom stereocenters. The van der Waals surface area contributed by atoms with E-state index >= 15 is 0 Å². The highest BCUT2D eigenvalue weighted by Gasteiger charge is 2.46. The molecule has 132 valence electrons. The smallest absolute Gasteiger partial charge is 0.141 e. The van der Waals surface area contributed by atoms with Gasteiger partial charge in [0.05, 0.1) is 5.54 Å². The zero-order chi connectivity index (χ0) is 17.6. The molecule has 1 fully saturated rings. The van der Waals surface area contributed by atoms with Gasteiger partial charge in [0.2, 0.25) is 0 Å². The number of nitrogens with zero attached hydrogens (tertiary/aromatic N) is 2. The highest BCUT2D eigenvalue weighted by Crippen LogP contribution is 2.51. The van der Waals surface area contributed by atoms with Crippen LogP contribution >= 0.6 is 11.6 Å². The Bertz CT molecular complexity index is 927. The van der Waals surface area contributed by atoms with Gasteiger partial charge >= 0.3 is 0 Å². The van der Waals surface area contributed by atoms with Crippen LogP contribution in [0.2, 0.25) is 5.02 Å². The second-order valence-electron chi connectivity index (χ2n) is 7.29. The zero-order valence-corrected chi connectivity index (χ0v) is 15.3. The molecular weight excluding hydrogens is 344 g/mol. The monoisotopic (exact) mass is 364 g/mol. The molecule has 0 spiro atoms. The van der Waals surface area contributed by atoms with Crippen LogP contribution in [-0.2, 0) is 10.3 Å². The summed E-state index contributed by atoms with van der Waals surface area (Å²) in [7, 11) is 0. The van der Waals surface area contributed by atoms with Crippen molar-refractivity contribution in [3.05, 3.63) is 77.1 Å². The maximum atomic E-state index is 6.20. The molecule has 1 saturated heterocycles. The van der Waals surface area contributed by atoms with Crippen molar-refractivity contribution in [3.63, 3.8) is 0 Å². The lowest BCUT2D eigenvalue weighted by molar-refractivity contribution is 0.0566. The van der Waals surface area contributed by atoms with E-state index in [0.29, 0.717) is 5.92 Å². The van der Waals surface area contributed by atoms with Crippen LogP contribution in [0, 0.1) is 5.92 Å². The normalized spacial score (nSPS) is 22.2. The molecule has 0 aliphatic carbocycles. The van der Waals surface area contributed by atoms with E-state index in [4.69, 9.17) is 16.3 Å². The first-order chi connectivity index (χ1) is 12.8. The van der Waals surface area contributed by atoms with Crippen molar-refractivity contribution >= 4 is 11.6 Å². The summed E-state index contributed by atoms with van der Waals surface area (Å²) in [5, 5.41) is 0.770. The molecule has 3 heterocycles. The van der Waals surface area contributed by atoms with Crippen molar-refractivity contribution in [2.45, 2.75) is 24.8 Å². The van der Waals surface area contributed by atoms with Crippen molar-refractivity contribution in [1.29, 1.82) is 0 Å². The third-order valence-corrected chi connectivity index (χ3v) is 6.16. The average molecular weight is 365 g/mol. The second-order valence-corrected chi connectivity index (χ2v) is 7.73. The van der Waals surface area contributed by atoms with Gasteiger partial charge in [-0.3, -0.25) is 0 Å². The lowest BCUT2D eigenvalue weighted by atomic mass is 9.74. The molecule has 4 heteroatoms. The van der Waals surface area contributed by atoms with E-state index in [1.165, 1.54) is 16.7 Å². The minimum Gasteiger partial charge on any atom is -0.381 e. The molecule has 0 amide bonds. The molecule has 2 aliphatic heterocycles. The number of fused-ring (bicyclic) bond motifs is 3. The van der Waals surface area contributed by atoms with E-state index in [9.17, 15) is 0 Å². The predicted octanol–water partition coefficient (Wildman–Crippen LogP) is 5.13. The molecule has 1 aromatic heterocycles. The highest BCUT2D eigenvalue weighted by molar-refractivity contribution is 6.30. The van der Waals surface area contributed by atoms with Crippen LogP contribution in [0.25, 0.3) is 11.4 Å². The molecule has 0 bridgehead atoms. The number of halogens is 1. The number of benzene rings is 2. The maximum absolute atomic E-state index is 6.20. The van der Waals surface area contributed by atoms with E-state index in [-0.39, 0.29) is 5.54 Å². The minimum absolute atomic E-state index is 0.227. The van der Waals surface area contributed by atoms with Crippen molar-refractivity contribution < 1.29 is 4.74 Å². The van der Waals surface area contributed by atoms with Gasteiger partial charge in [-0.1, -0.05) is 48.0 Å². The fraction of sp³-hybridized carbons (Fsp3) is 0.318. The minimum atomic E-state index is -0.227. The quantitative estimate of drug-likeness (QED) is 0.644. The molecule has 2 aliphatic rings. The summed E-state index contributed by atoms with van der Waals surface area (Å²) in [4.78, 5) is 4.68. The topological polar surface area (TPSA) is 27.1 Å². The third-order valence-electron chi connectivity index (χ3n) is 5.91. The molecule has 3 aromatic rings. The Morgan fingerprint density at radius 2 is 1.85 bits per heavy atom. The Hall–Kier alpha value is -2.10. The maximum Gasteiger partial charge on any atom is 0.141 e. The van der Waals surface area contributed by atoms with Gasteiger partial charge in [-0.25, -0.2) is 4.98 Å². The second kappa shape index (κ2) is 6.26. The van der Waals surface area contributed by atoms with Crippen LogP contribution in [-0.4, -0.2) is 22.8 Å². The molecule has 2 aromatic carbocycles. The molecule has 1 atom stereocenters. The molecule has 0 N–H and O–H groups in total. The average Bonchev–Trinajstić information content (AvgIpc) is 3.26. The Labute approximate surface area is 158 Å². The van der Waals surface area contributed by atoms with Crippen molar-refractivity contribution in [3.8, 4) is 11.4 Å². The summed E-state index contributed by atoms with van der Waals surface area (Å²) in [6, 6.07) is 17.0. The van der Waals surface area contributed by atoms with Crippen LogP contribution in [0.5, 0.6) is 0 Å². The van der Waals surface area contributed by atoms with E-state index in [1.807, 2.05) is 18.3 Å². The Morgan fingerprint density at radius 3 is 2.65 bits per heavy atom. The summed E-state index contributed by atoms with van der Waals surface area (Å²) in [5.41, 5.74) is 3.63. The number of hydrogen-bond donors (Lipinski definition) is 0. The van der Waals surface area contributed by atoms with Gasteiger partial charge in [-0.2, -0.15) is 0 Å². The first kappa shape index (κ1) is 16.1. The summed E-state index contributed by atoms with van der Waals surface area (Å²) >= 11 is 6.20. The van der Waals surface area contributed by atoms with Gasteiger partial charge in [0.15, 0.2) is 0 Å². The standard InChI is InChI=1S/C22H21ClN2O/c23-18-7-5-17(6-8-18)22(15-16-9-13-26-14-10-16)20-4-2-1-3-19(20)21-24-11-12-25(21)22/h1-8,11-12,16H,9-10,13-15H2/t22-/m1/s1. The van der Waals surface area contributed by atoms with Crippen LogP contribution in [0.4, 0.5) is 0 Å². The van der Waals surface area contributed by atoms with E-state index in [1.54, 1.807) is 0 Å². The molecular formula is C22H21ClN2O. The van der Waals surface area contributed by atoms with Gasteiger partial charge < -0.3 is 9.30 Å². The van der Waals surface area contributed by atoms with E-state index in [0.717, 1.165) is 43.3 Å². The first-order valence-corrected chi connectivity index (χ1v) is 9.64. The van der Waals surface area contributed by atoms with E-state index < -0.39 is 0 Å². The lowest BCUT2D eigenvalue weighted by Crippen LogP contribution is -2.36. The zero-order valence-electron chi connectivity index (χ0n) is 14.6. The summed E-state index contributed by atoms with van der Waals surface area (Å²) in [6.45, 7) is 1.72. The Morgan fingerprint density at radius 1 is 1.08 bits per heavy atom. The number of imidazole rings is 1. The van der Waals surface area contributed by atoms with Gasteiger partial charge in [0.25, 0.3) is 0 Å². The fourth-order valence-electron chi connectivity index (χ4n) is 4.69. The molecule has 0 radical (unpaired) electrons. The molecule has 3 nitrogen and oxygen atoms in total. The largest absolute Gasteiger partial charge is 0.381 e. The fourth-order valence-corrected chi connectivity index (χ4v) is 4.82. The molecule has 26 heavy (non-hydrogen) atoms. The number of hydrogen-bond acceptors (Lipinski definition) is 2. The predicted molar refractivity (Wildman–Crippen MR) is 103 cm³/mol. The van der Waals surface area contributed by atoms with Crippen LogP contribution in [0.1, 0.15) is 30.4 Å². The molecule has 0 saturated carbocycles. The third kappa shape index (κ3) is 2.34. The number of ether oxygens (including phenoxy) is 1. The Kier molecular flexibility index (Phi) is 3.87. The summed E-state index contributed by atoms with van der Waals surface area (Å²) < 4.78 is 7.98. The molecule has 5 rings (SSSR count). The van der Waals surface area contributed by atoms with E-state index in [2.05, 4.69) is 52.1 Å². The lowest BCUT2D eigenvalue weighted by Gasteiger charge is -2.38. The number of aromatic nitrogens is 2. The van der Waals surface area contributed by atoms with Crippen molar-refractivity contribution in [2.75, 3.05) is 13.2 Å². The summed E-state index contributed by atoms with van der Waals surface area (Å²) in [6.07, 6.45) is 7.32. The van der Waals surface area contributed by atoms with Crippen LogP contribution < -0.4 is 0 Å². The van der Waals surface area contributed by atoms with Gasteiger partial charge in [0.1, 0.15) is 5.82 Å². The van der Waals surface area contributed by atoms with Crippen LogP contribution in [0.15, 0.2) is 60.9 Å². The highest BCUT2D eigenvalue weighted by atomic mass is 35.5. The Balaban J connectivity index is 1.73. The van der Waals surface area contributed by atoms with Gasteiger partial charge in [0, 0.05) is 36.2 Å². The van der Waals surface area contributed by atoms with Crippen molar-refractivity contribution in [2.24, 2.45) is 5.92 Å². The van der Waals surface area contributed by atoms with Crippen LogP contribution in [0.3, 0.4) is 0 Å². The first-order valence-electron chi connectivity index (χ1n) is 9.26.